The van der Waals surface area contributed by atoms with Crippen molar-refractivity contribution in [2.24, 2.45) is 0 Å². The van der Waals surface area contributed by atoms with Crippen LogP contribution in [0.2, 0.25) is 0 Å². The van der Waals surface area contributed by atoms with Gasteiger partial charge in [-0.15, -0.1) is 0 Å². The van der Waals surface area contributed by atoms with Crippen LogP contribution in [-0.4, -0.2) is 9.55 Å². The number of fused-ring (bicyclic) bond motifs is 1. The van der Waals surface area contributed by atoms with Crippen LogP contribution in [0.25, 0.3) is 11.0 Å². The van der Waals surface area contributed by atoms with Gasteiger partial charge in [0.25, 0.3) is 0 Å². The Hall–Kier alpha value is -0.960. The van der Waals surface area contributed by atoms with E-state index in [4.69, 9.17) is 0 Å². The summed E-state index contributed by atoms with van der Waals surface area (Å²) in [5, 5.41) is 0. The fraction of sp³-hybridized carbons (Fsp3) is 0.364. The zero-order chi connectivity index (χ0) is 10.1. The number of hydrogen-bond acceptors (Lipinski definition) is 2. The third-order valence-electron chi connectivity index (χ3n) is 2.44. The van der Waals surface area contributed by atoms with Gasteiger partial charge >= 0.3 is 0 Å². The Morgan fingerprint density at radius 1 is 1.43 bits per heavy atom. The molecule has 74 valence electrons. The molecule has 14 heavy (non-hydrogen) atoms. The van der Waals surface area contributed by atoms with Crippen molar-refractivity contribution in [3.05, 3.63) is 29.6 Å². The number of aromatic nitrogens is 2. The van der Waals surface area contributed by atoms with Crippen molar-refractivity contribution in [2.45, 2.75) is 26.1 Å². The molecule has 0 radical (unpaired) electrons. The highest BCUT2D eigenvalue weighted by Gasteiger charge is 2.07. The van der Waals surface area contributed by atoms with Crippen molar-refractivity contribution in [3.63, 3.8) is 0 Å². The van der Waals surface area contributed by atoms with Crippen LogP contribution in [0.1, 0.15) is 18.3 Å². The van der Waals surface area contributed by atoms with E-state index in [0.29, 0.717) is 5.75 Å². The van der Waals surface area contributed by atoms with E-state index >= 15 is 0 Å². The first-order valence-electron chi connectivity index (χ1n) is 4.83. The Bertz CT molecular complexity index is 460. The standard InChI is InChI=1S/C11H14N2S/c1-3-13-10-5-4-8(2)6-9(10)12-11(13)7-14/h4-6,14H,3,7H2,1-2H3. The van der Waals surface area contributed by atoms with Crippen molar-refractivity contribution < 1.29 is 0 Å². The van der Waals surface area contributed by atoms with Crippen molar-refractivity contribution in [3.8, 4) is 0 Å². The molecule has 1 heterocycles. The highest BCUT2D eigenvalue weighted by Crippen LogP contribution is 2.18. The van der Waals surface area contributed by atoms with Gasteiger partial charge in [-0.05, 0) is 31.5 Å². The summed E-state index contributed by atoms with van der Waals surface area (Å²) in [5.41, 5.74) is 3.54. The normalized spacial score (nSPS) is 11.1. The molecule has 0 N–H and O–H groups in total. The molecule has 0 atom stereocenters. The molecule has 0 aliphatic carbocycles. The molecule has 0 unspecified atom stereocenters. The Balaban J connectivity index is 2.73. The van der Waals surface area contributed by atoms with Gasteiger partial charge in [0.1, 0.15) is 5.82 Å². The molecule has 0 spiro atoms. The average molecular weight is 206 g/mol. The number of imidazole rings is 1. The van der Waals surface area contributed by atoms with E-state index in [0.717, 1.165) is 17.9 Å². The highest BCUT2D eigenvalue weighted by atomic mass is 32.1. The molecule has 0 aliphatic rings. The van der Waals surface area contributed by atoms with E-state index in [9.17, 15) is 0 Å². The first-order chi connectivity index (χ1) is 6.76. The summed E-state index contributed by atoms with van der Waals surface area (Å²) < 4.78 is 2.21. The second-order valence-corrected chi connectivity index (χ2v) is 3.74. The monoisotopic (exact) mass is 206 g/mol. The van der Waals surface area contributed by atoms with E-state index in [1.165, 1.54) is 11.1 Å². The first kappa shape index (κ1) is 9.59. The summed E-state index contributed by atoms with van der Waals surface area (Å²) in [5.74, 6) is 1.75. The van der Waals surface area contributed by atoms with Gasteiger partial charge in [0, 0.05) is 12.3 Å². The zero-order valence-electron chi connectivity index (χ0n) is 8.49. The number of thiol groups is 1. The van der Waals surface area contributed by atoms with Gasteiger partial charge in [-0.3, -0.25) is 0 Å². The number of aryl methyl sites for hydroxylation is 2. The molecule has 0 fully saturated rings. The Labute approximate surface area is 89.4 Å². The van der Waals surface area contributed by atoms with Gasteiger partial charge in [-0.2, -0.15) is 12.6 Å². The van der Waals surface area contributed by atoms with Crippen LogP contribution in [0.15, 0.2) is 18.2 Å². The third-order valence-corrected chi connectivity index (χ3v) is 2.72. The second-order valence-electron chi connectivity index (χ2n) is 3.42. The van der Waals surface area contributed by atoms with Crippen LogP contribution in [0.3, 0.4) is 0 Å². The fourth-order valence-corrected chi connectivity index (χ4v) is 2.00. The van der Waals surface area contributed by atoms with E-state index < -0.39 is 0 Å². The minimum absolute atomic E-state index is 0.696. The summed E-state index contributed by atoms with van der Waals surface area (Å²) >= 11 is 4.29. The van der Waals surface area contributed by atoms with E-state index in [1.807, 2.05) is 0 Å². The van der Waals surface area contributed by atoms with Crippen LogP contribution >= 0.6 is 12.6 Å². The molecule has 2 aromatic rings. The minimum Gasteiger partial charge on any atom is -0.328 e. The number of nitrogens with zero attached hydrogens (tertiary/aromatic N) is 2. The third kappa shape index (κ3) is 1.42. The number of benzene rings is 1. The molecule has 3 heteroatoms. The van der Waals surface area contributed by atoms with Gasteiger partial charge in [0.05, 0.1) is 11.0 Å². The Morgan fingerprint density at radius 3 is 2.86 bits per heavy atom. The largest absolute Gasteiger partial charge is 0.328 e. The molecular formula is C11H14N2S. The van der Waals surface area contributed by atoms with Gasteiger partial charge in [-0.1, -0.05) is 6.07 Å². The number of hydrogen-bond donors (Lipinski definition) is 1. The Kier molecular flexibility index (Phi) is 2.50. The lowest BCUT2D eigenvalue weighted by Crippen LogP contribution is -1.98. The smallest absolute Gasteiger partial charge is 0.119 e. The molecule has 1 aromatic heterocycles. The predicted octanol–water partition coefficient (Wildman–Crippen LogP) is 2.79. The maximum Gasteiger partial charge on any atom is 0.119 e. The molecule has 0 bridgehead atoms. The predicted molar refractivity (Wildman–Crippen MR) is 62.8 cm³/mol. The summed E-state index contributed by atoms with van der Waals surface area (Å²) in [4.78, 5) is 4.55. The molecule has 2 nitrogen and oxygen atoms in total. The van der Waals surface area contributed by atoms with Gasteiger partial charge in [-0.25, -0.2) is 4.98 Å². The second kappa shape index (κ2) is 3.65. The summed E-state index contributed by atoms with van der Waals surface area (Å²) in [6.45, 7) is 5.17. The van der Waals surface area contributed by atoms with Crippen molar-refractivity contribution in [1.29, 1.82) is 0 Å². The van der Waals surface area contributed by atoms with Crippen LogP contribution < -0.4 is 0 Å². The molecule has 1 aromatic carbocycles. The van der Waals surface area contributed by atoms with E-state index in [2.05, 4.69) is 54.2 Å². The lowest BCUT2D eigenvalue weighted by atomic mass is 10.2. The highest BCUT2D eigenvalue weighted by molar-refractivity contribution is 7.79. The molecule has 0 saturated carbocycles. The molecule has 2 rings (SSSR count). The lowest BCUT2D eigenvalue weighted by Gasteiger charge is -2.02. The van der Waals surface area contributed by atoms with Crippen LogP contribution in [0.5, 0.6) is 0 Å². The summed E-state index contributed by atoms with van der Waals surface area (Å²) in [7, 11) is 0. The van der Waals surface area contributed by atoms with Crippen molar-refractivity contribution >= 4 is 23.7 Å². The van der Waals surface area contributed by atoms with Gasteiger partial charge in [0.15, 0.2) is 0 Å². The van der Waals surface area contributed by atoms with Crippen LogP contribution in [0.4, 0.5) is 0 Å². The van der Waals surface area contributed by atoms with Crippen molar-refractivity contribution in [1.82, 2.24) is 9.55 Å². The minimum atomic E-state index is 0.696. The SMILES string of the molecule is CCn1c(CS)nc2cc(C)ccc21. The van der Waals surface area contributed by atoms with Crippen molar-refractivity contribution in [2.75, 3.05) is 0 Å². The zero-order valence-corrected chi connectivity index (χ0v) is 9.38. The lowest BCUT2D eigenvalue weighted by molar-refractivity contribution is 0.749. The average Bonchev–Trinajstić information content (AvgIpc) is 2.54. The molecule has 0 saturated heterocycles. The molecular weight excluding hydrogens is 192 g/mol. The van der Waals surface area contributed by atoms with E-state index in [-0.39, 0.29) is 0 Å². The summed E-state index contributed by atoms with van der Waals surface area (Å²) in [6, 6.07) is 6.38. The Morgan fingerprint density at radius 2 is 2.21 bits per heavy atom. The van der Waals surface area contributed by atoms with Gasteiger partial charge in [0.2, 0.25) is 0 Å². The molecule has 0 aliphatic heterocycles. The van der Waals surface area contributed by atoms with Gasteiger partial charge < -0.3 is 4.57 Å². The fourth-order valence-electron chi connectivity index (χ4n) is 1.76. The molecule has 0 amide bonds. The maximum absolute atomic E-state index is 4.55. The maximum atomic E-state index is 4.55. The van der Waals surface area contributed by atoms with Crippen LogP contribution in [-0.2, 0) is 12.3 Å². The summed E-state index contributed by atoms with van der Waals surface area (Å²) in [6.07, 6.45) is 0. The topological polar surface area (TPSA) is 17.8 Å². The van der Waals surface area contributed by atoms with E-state index in [1.54, 1.807) is 0 Å². The first-order valence-corrected chi connectivity index (χ1v) is 5.46. The van der Waals surface area contributed by atoms with Crippen LogP contribution in [0, 0.1) is 6.92 Å². The quantitative estimate of drug-likeness (QED) is 0.748. The number of rotatable bonds is 2.